The molecule has 1 unspecified atom stereocenters. The minimum absolute atomic E-state index is 0.397. The minimum Gasteiger partial charge on any atom is -0.310 e. The van der Waals surface area contributed by atoms with Crippen LogP contribution >= 0.6 is 0 Å². The van der Waals surface area contributed by atoms with Crippen LogP contribution in [0.25, 0.3) is 5.69 Å². The molecular weight excluding hydrogens is 246 g/mol. The second kappa shape index (κ2) is 6.71. The maximum atomic E-state index is 4.42. The maximum absolute atomic E-state index is 4.42. The number of nitrogens with zero attached hydrogens (tertiary/aromatic N) is 2. The lowest BCUT2D eigenvalue weighted by molar-refractivity contribution is 0.516. The maximum Gasteiger partial charge on any atom is 0.0997 e. The smallest absolute Gasteiger partial charge is 0.0997 e. The van der Waals surface area contributed by atoms with Gasteiger partial charge in [-0.2, -0.15) is 0 Å². The topological polar surface area (TPSA) is 29.9 Å². The third-order valence-electron chi connectivity index (χ3n) is 3.87. The molecule has 1 atom stereocenters. The van der Waals surface area contributed by atoms with Gasteiger partial charge in [-0.25, -0.2) is 4.98 Å². The van der Waals surface area contributed by atoms with Crippen molar-refractivity contribution in [3.8, 4) is 5.69 Å². The molecule has 0 aliphatic heterocycles. The Kier molecular flexibility index (Phi) is 4.96. The molecule has 0 aliphatic carbocycles. The second-order valence-corrected chi connectivity index (χ2v) is 5.26. The molecule has 0 spiro atoms. The lowest BCUT2D eigenvalue weighted by Gasteiger charge is -2.21. The van der Waals surface area contributed by atoms with Crippen molar-refractivity contribution in [1.82, 2.24) is 14.9 Å². The van der Waals surface area contributed by atoms with E-state index in [1.165, 1.54) is 16.9 Å². The molecule has 3 heteroatoms. The largest absolute Gasteiger partial charge is 0.310 e. The monoisotopic (exact) mass is 271 g/mol. The molecule has 0 saturated heterocycles. The van der Waals surface area contributed by atoms with Gasteiger partial charge in [0.2, 0.25) is 0 Å². The van der Waals surface area contributed by atoms with Crippen LogP contribution in [0.1, 0.15) is 49.7 Å². The predicted molar refractivity (Wildman–Crippen MR) is 84.4 cm³/mol. The van der Waals surface area contributed by atoms with Gasteiger partial charge in [0.15, 0.2) is 0 Å². The Morgan fingerprint density at radius 1 is 1.20 bits per heavy atom. The van der Waals surface area contributed by atoms with Crippen molar-refractivity contribution in [2.24, 2.45) is 0 Å². The first-order valence-electron chi connectivity index (χ1n) is 7.52. The van der Waals surface area contributed by atoms with E-state index in [0.717, 1.165) is 25.1 Å². The Hall–Kier alpha value is -1.61. The molecule has 0 bridgehead atoms. The molecule has 2 rings (SSSR count). The van der Waals surface area contributed by atoms with Crippen molar-refractivity contribution < 1.29 is 0 Å². The number of rotatable bonds is 6. The number of aromatic nitrogens is 2. The highest BCUT2D eigenvalue weighted by atomic mass is 15.1. The van der Waals surface area contributed by atoms with Gasteiger partial charge in [0, 0.05) is 11.7 Å². The first kappa shape index (κ1) is 14.8. The van der Waals surface area contributed by atoms with Gasteiger partial charge in [0.1, 0.15) is 0 Å². The van der Waals surface area contributed by atoms with Crippen LogP contribution in [-0.2, 0) is 0 Å². The highest BCUT2D eigenvalue weighted by molar-refractivity contribution is 5.44. The van der Waals surface area contributed by atoms with Crippen LogP contribution in [0.3, 0.4) is 0 Å². The number of benzene rings is 1. The molecule has 2 aromatic rings. The van der Waals surface area contributed by atoms with E-state index in [1.54, 1.807) is 0 Å². The first-order chi connectivity index (χ1) is 9.69. The molecule has 0 aliphatic rings. The van der Waals surface area contributed by atoms with E-state index in [2.05, 4.69) is 66.8 Å². The molecule has 0 amide bonds. The molecular formula is C17H25N3. The van der Waals surface area contributed by atoms with Crippen molar-refractivity contribution in [3.05, 3.63) is 47.5 Å². The fourth-order valence-corrected chi connectivity index (χ4v) is 2.54. The second-order valence-electron chi connectivity index (χ2n) is 5.26. The van der Waals surface area contributed by atoms with Crippen molar-refractivity contribution in [2.45, 2.75) is 46.6 Å². The van der Waals surface area contributed by atoms with Crippen molar-refractivity contribution in [1.29, 1.82) is 0 Å². The highest BCUT2D eigenvalue weighted by Crippen LogP contribution is 2.25. The molecule has 1 heterocycles. The quantitative estimate of drug-likeness (QED) is 0.862. The summed E-state index contributed by atoms with van der Waals surface area (Å²) in [5.74, 6) is 0. The zero-order valence-corrected chi connectivity index (χ0v) is 13.0. The van der Waals surface area contributed by atoms with Gasteiger partial charge >= 0.3 is 0 Å². The number of para-hydroxylation sites is 1. The van der Waals surface area contributed by atoms with Crippen molar-refractivity contribution in [2.75, 3.05) is 6.54 Å². The Labute approximate surface area is 122 Å². The molecule has 3 nitrogen and oxygen atoms in total. The highest BCUT2D eigenvalue weighted by Gasteiger charge is 2.15. The van der Waals surface area contributed by atoms with Crippen LogP contribution in [-0.4, -0.2) is 16.1 Å². The third-order valence-corrected chi connectivity index (χ3v) is 3.87. The van der Waals surface area contributed by atoms with Crippen LogP contribution in [0.5, 0.6) is 0 Å². The van der Waals surface area contributed by atoms with E-state index in [-0.39, 0.29) is 0 Å². The molecule has 0 radical (unpaired) electrons. The van der Waals surface area contributed by atoms with Gasteiger partial charge in [-0.05, 0) is 44.9 Å². The van der Waals surface area contributed by atoms with E-state index in [0.29, 0.717) is 6.04 Å². The molecule has 0 saturated carbocycles. The number of nitrogens with one attached hydrogen (secondary N) is 1. The lowest BCUT2D eigenvalue weighted by Crippen LogP contribution is -2.22. The fraction of sp³-hybridized carbons (Fsp3) is 0.471. The summed E-state index contributed by atoms with van der Waals surface area (Å²) in [5, 5.41) is 3.64. The van der Waals surface area contributed by atoms with Crippen LogP contribution in [0, 0.1) is 13.8 Å². The van der Waals surface area contributed by atoms with Crippen molar-refractivity contribution in [3.63, 3.8) is 0 Å². The van der Waals surface area contributed by atoms with Crippen LogP contribution in [0.4, 0.5) is 0 Å². The van der Waals surface area contributed by atoms with E-state index in [9.17, 15) is 0 Å². The van der Waals surface area contributed by atoms with Crippen molar-refractivity contribution >= 4 is 0 Å². The summed E-state index contributed by atoms with van der Waals surface area (Å²) in [7, 11) is 0. The Bertz CT molecular complexity index is 557. The lowest BCUT2D eigenvalue weighted by atomic mass is 10.0. The average molecular weight is 271 g/mol. The first-order valence-corrected chi connectivity index (χ1v) is 7.52. The normalized spacial score (nSPS) is 12.6. The van der Waals surface area contributed by atoms with Crippen LogP contribution in [0.2, 0.25) is 0 Å². The van der Waals surface area contributed by atoms with E-state index in [1.807, 2.05) is 6.33 Å². The Morgan fingerprint density at radius 3 is 2.55 bits per heavy atom. The van der Waals surface area contributed by atoms with Gasteiger partial charge in [-0.3, -0.25) is 0 Å². The molecule has 1 aromatic heterocycles. The number of imidazole rings is 1. The zero-order chi connectivity index (χ0) is 14.5. The summed E-state index contributed by atoms with van der Waals surface area (Å²) < 4.78 is 2.20. The zero-order valence-electron chi connectivity index (χ0n) is 13.0. The summed E-state index contributed by atoms with van der Waals surface area (Å²) >= 11 is 0. The molecule has 1 N–H and O–H groups in total. The molecule has 1 aromatic carbocycles. The van der Waals surface area contributed by atoms with Gasteiger partial charge in [0.05, 0.1) is 17.7 Å². The number of hydrogen-bond donors (Lipinski definition) is 1. The van der Waals surface area contributed by atoms with Gasteiger partial charge in [0.25, 0.3) is 0 Å². The Morgan fingerprint density at radius 2 is 1.95 bits per heavy atom. The summed E-state index contributed by atoms with van der Waals surface area (Å²) in [5.41, 5.74) is 4.89. The van der Waals surface area contributed by atoms with E-state index in [4.69, 9.17) is 0 Å². The SMILES string of the molecule is CCCNC(CC)c1ccccc1-n1cnc(C)c1C. The van der Waals surface area contributed by atoms with Gasteiger partial charge in [-0.15, -0.1) is 0 Å². The van der Waals surface area contributed by atoms with Crippen LogP contribution in [0.15, 0.2) is 30.6 Å². The fourth-order valence-electron chi connectivity index (χ4n) is 2.54. The summed E-state index contributed by atoms with van der Waals surface area (Å²) in [4.78, 5) is 4.42. The van der Waals surface area contributed by atoms with Crippen LogP contribution < -0.4 is 5.32 Å². The van der Waals surface area contributed by atoms with E-state index >= 15 is 0 Å². The standard InChI is InChI=1S/C17H25N3/c1-5-11-18-16(6-2)15-9-7-8-10-17(15)20-12-19-13(3)14(20)4/h7-10,12,16,18H,5-6,11H2,1-4H3. The van der Waals surface area contributed by atoms with E-state index < -0.39 is 0 Å². The summed E-state index contributed by atoms with van der Waals surface area (Å²) in [6, 6.07) is 9.02. The molecule has 108 valence electrons. The third kappa shape index (κ3) is 2.93. The predicted octanol–water partition coefficient (Wildman–Crippen LogP) is 3.94. The summed E-state index contributed by atoms with van der Waals surface area (Å²) in [6.07, 6.45) is 4.17. The summed E-state index contributed by atoms with van der Waals surface area (Å²) in [6.45, 7) is 9.67. The number of hydrogen-bond acceptors (Lipinski definition) is 2. The Balaban J connectivity index is 2.42. The molecule has 20 heavy (non-hydrogen) atoms. The molecule has 0 fully saturated rings. The van der Waals surface area contributed by atoms with Gasteiger partial charge < -0.3 is 9.88 Å². The average Bonchev–Trinajstić information content (AvgIpc) is 2.80. The minimum atomic E-state index is 0.397. The van der Waals surface area contributed by atoms with Gasteiger partial charge in [-0.1, -0.05) is 32.0 Å². The number of aryl methyl sites for hydroxylation is 1.